The van der Waals surface area contributed by atoms with Gasteiger partial charge in [-0.05, 0) is 0 Å². The Morgan fingerprint density at radius 1 is 1.30 bits per heavy atom. The molecule has 0 aromatic heterocycles. The Balaban J connectivity index is 3.25. The molecule has 0 bridgehead atoms. The SMILES string of the molecule is O=S1(=O)C=S(=O)(O)OCO1. The summed E-state index contributed by atoms with van der Waals surface area (Å²) in [5, 5.41) is 0. The molecule has 0 fully saturated rings. The summed E-state index contributed by atoms with van der Waals surface area (Å²) in [7, 11) is -7.74. The fraction of sp³-hybridized carbons (Fsp3) is 0.500. The predicted molar refractivity (Wildman–Crippen MR) is 32.8 cm³/mol. The van der Waals surface area contributed by atoms with Gasteiger partial charge in [0, 0.05) is 0 Å². The van der Waals surface area contributed by atoms with Crippen LogP contribution in [-0.4, -0.2) is 28.7 Å². The third-order valence-corrected chi connectivity index (χ3v) is 3.44. The second-order valence-corrected chi connectivity index (χ2v) is 4.71. The van der Waals surface area contributed by atoms with Crippen LogP contribution in [0.1, 0.15) is 0 Å². The minimum Gasteiger partial charge on any atom is -0.293 e. The van der Waals surface area contributed by atoms with E-state index in [-0.39, 0.29) is 4.70 Å². The molecule has 60 valence electrons. The van der Waals surface area contributed by atoms with Crippen LogP contribution in [0.25, 0.3) is 0 Å². The van der Waals surface area contributed by atoms with Gasteiger partial charge in [0.1, 0.15) is 0 Å². The maximum Gasteiger partial charge on any atom is 0.304 e. The summed E-state index contributed by atoms with van der Waals surface area (Å²) < 4.78 is 47.8. The van der Waals surface area contributed by atoms with Gasteiger partial charge in [-0.2, -0.15) is 8.42 Å². The molecule has 0 amide bonds. The van der Waals surface area contributed by atoms with Gasteiger partial charge in [0.05, 0.1) is 0 Å². The lowest BCUT2D eigenvalue weighted by atomic mass is 11.6. The minimum absolute atomic E-state index is 0.128. The standard InChI is InChI=1S/C2H4O6S2/c3-9(4)2-10(5,6)8-1-7-9/h2H,1H2,(H,3,4). The van der Waals surface area contributed by atoms with Gasteiger partial charge in [-0.15, -0.1) is 0 Å². The molecule has 1 aliphatic heterocycles. The Hall–Kier alpha value is -0.150. The molecular weight excluding hydrogens is 184 g/mol. The van der Waals surface area contributed by atoms with Crippen molar-refractivity contribution in [3.8, 4) is 0 Å². The zero-order chi connectivity index (χ0) is 7.83. The van der Waals surface area contributed by atoms with E-state index < -0.39 is 27.0 Å². The van der Waals surface area contributed by atoms with Gasteiger partial charge in [-0.1, -0.05) is 0 Å². The van der Waals surface area contributed by atoms with Crippen molar-refractivity contribution >= 4 is 24.9 Å². The summed E-state index contributed by atoms with van der Waals surface area (Å²) in [4.78, 5) is 0. The molecule has 1 N–H and O–H groups in total. The van der Waals surface area contributed by atoms with Crippen molar-refractivity contribution in [3.63, 3.8) is 0 Å². The monoisotopic (exact) mass is 188 g/mol. The Morgan fingerprint density at radius 3 is 2.20 bits per heavy atom. The molecular formula is C2H4O6S2. The molecule has 0 aliphatic carbocycles. The highest BCUT2D eigenvalue weighted by Gasteiger charge is 2.20. The highest BCUT2D eigenvalue weighted by molar-refractivity contribution is 8.15. The molecule has 1 atom stereocenters. The Bertz CT molecular complexity index is 329. The van der Waals surface area contributed by atoms with E-state index >= 15 is 0 Å². The first-order chi connectivity index (χ1) is 4.41. The van der Waals surface area contributed by atoms with Crippen molar-refractivity contribution in [2.24, 2.45) is 0 Å². The van der Waals surface area contributed by atoms with E-state index in [1.165, 1.54) is 0 Å². The van der Waals surface area contributed by atoms with Crippen molar-refractivity contribution in [1.82, 2.24) is 0 Å². The summed E-state index contributed by atoms with van der Waals surface area (Å²) in [6.45, 7) is -0.714. The Labute approximate surface area is 57.9 Å². The van der Waals surface area contributed by atoms with Crippen molar-refractivity contribution in [3.05, 3.63) is 0 Å². The number of rotatable bonds is 0. The molecule has 8 heteroatoms. The van der Waals surface area contributed by atoms with Crippen molar-refractivity contribution in [2.75, 3.05) is 6.79 Å². The van der Waals surface area contributed by atoms with Crippen LogP contribution in [0.15, 0.2) is 0 Å². The van der Waals surface area contributed by atoms with Crippen LogP contribution < -0.4 is 0 Å². The zero-order valence-corrected chi connectivity index (χ0v) is 6.22. The molecule has 0 aromatic carbocycles. The molecule has 1 unspecified atom stereocenters. The Morgan fingerprint density at radius 2 is 1.90 bits per heavy atom. The molecule has 0 spiro atoms. The van der Waals surface area contributed by atoms with E-state index in [1.54, 1.807) is 0 Å². The fourth-order valence-electron chi connectivity index (χ4n) is 0.360. The van der Waals surface area contributed by atoms with E-state index in [0.717, 1.165) is 0 Å². The van der Waals surface area contributed by atoms with Crippen molar-refractivity contribution < 1.29 is 25.5 Å². The first-order valence-corrected chi connectivity index (χ1v) is 5.04. The molecule has 0 saturated carbocycles. The maximum absolute atomic E-state index is 10.4. The van der Waals surface area contributed by atoms with Crippen LogP contribution in [0.4, 0.5) is 0 Å². The van der Waals surface area contributed by atoms with Crippen LogP contribution in [-0.2, 0) is 28.6 Å². The molecule has 1 heterocycles. The van der Waals surface area contributed by atoms with Crippen LogP contribution >= 0.6 is 0 Å². The number of hydrogen-bond donors (Lipinski definition) is 1. The van der Waals surface area contributed by atoms with Gasteiger partial charge >= 0.3 is 10.1 Å². The predicted octanol–water partition coefficient (Wildman–Crippen LogP) is -1.25. The van der Waals surface area contributed by atoms with Gasteiger partial charge in [-0.3, -0.25) is 4.55 Å². The summed E-state index contributed by atoms with van der Waals surface area (Å²) >= 11 is 0. The topological polar surface area (TPSA) is 89.9 Å². The highest BCUT2D eigenvalue weighted by atomic mass is 32.3. The Kier molecular flexibility index (Phi) is 1.73. The van der Waals surface area contributed by atoms with Gasteiger partial charge in [0.25, 0.3) is 0 Å². The first-order valence-electron chi connectivity index (χ1n) is 2.06. The quantitative estimate of drug-likeness (QED) is 0.377. The third-order valence-electron chi connectivity index (χ3n) is 0.669. The summed E-state index contributed by atoms with van der Waals surface area (Å²) in [6, 6.07) is 0. The first kappa shape index (κ1) is 7.95. The summed E-state index contributed by atoms with van der Waals surface area (Å²) in [5.41, 5.74) is 0. The molecule has 10 heavy (non-hydrogen) atoms. The largest absolute Gasteiger partial charge is 0.304 e. The van der Waals surface area contributed by atoms with E-state index in [1.807, 2.05) is 0 Å². The fourth-order valence-corrected chi connectivity index (χ4v) is 2.43. The smallest absolute Gasteiger partial charge is 0.293 e. The third kappa shape index (κ3) is 1.92. The van der Waals surface area contributed by atoms with Gasteiger partial charge in [-0.25, -0.2) is 12.6 Å². The van der Waals surface area contributed by atoms with Crippen molar-refractivity contribution in [2.45, 2.75) is 0 Å². The summed E-state index contributed by atoms with van der Waals surface area (Å²) in [6.07, 6.45) is 0. The molecule has 1 aliphatic rings. The van der Waals surface area contributed by atoms with Crippen LogP contribution in [0.3, 0.4) is 0 Å². The van der Waals surface area contributed by atoms with E-state index in [2.05, 4.69) is 8.37 Å². The van der Waals surface area contributed by atoms with E-state index in [0.29, 0.717) is 0 Å². The molecule has 1 rings (SSSR count). The second-order valence-electron chi connectivity index (χ2n) is 1.46. The van der Waals surface area contributed by atoms with E-state index in [4.69, 9.17) is 4.55 Å². The summed E-state index contributed by atoms with van der Waals surface area (Å²) in [5.74, 6) is 0. The normalized spacial score (nSPS) is 38.5. The second kappa shape index (κ2) is 2.17. The lowest BCUT2D eigenvalue weighted by Crippen LogP contribution is -2.24. The van der Waals surface area contributed by atoms with Crippen LogP contribution in [0, 0.1) is 0 Å². The van der Waals surface area contributed by atoms with Gasteiger partial charge < -0.3 is 0 Å². The molecule has 0 aromatic rings. The number of hydrogen-bond acceptors (Lipinski definition) is 5. The maximum atomic E-state index is 10.4. The zero-order valence-electron chi connectivity index (χ0n) is 4.59. The molecule has 6 nitrogen and oxygen atoms in total. The average Bonchev–Trinajstić information content (AvgIpc) is 1.56. The van der Waals surface area contributed by atoms with Gasteiger partial charge in [0.2, 0.25) is 10.1 Å². The van der Waals surface area contributed by atoms with Crippen LogP contribution in [0.2, 0.25) is 0 Å². The van der Waals surface area contributed by atoms with E-state index in [9.17, 15) is 12.6 Å². The molecule has 0 radical (unpaired) electrons. The van der Waals surface area contributed by atoms with Gasteiger partial charge in [0.15, 0.2) is 11.5 Å². The lowest BCUT2D eigenvalue weighted by Gasteiger charge is -2.09. The minimum atomic E-state index is -3.97. The lowest BCUT2D eigenvalue weighted by molar-refractivity contribution is 0.128. The van der Waals surface area contributed by atoms with Crippen molar-refractivity contribution in [1.29, 1.82) is 0 Å². The van der Waals surface area contributed by atoms with Crippen LogP contribution in [0.5, 0.6) is 0 Å². The molecule has 0 saturated heterocycles. The highest BCUT2D eigenvalue weighted by Crippen LogP contribution is 2.02. The average molecular weight is 188 g/mol.